The molecule has 0 spiro atoms. The zero-order chi connectivity index (χ0) is 12.1. The van der Waals surface area contributed by atoms with Gasteiger partial charge in [0, 0.05) is 18.2 Å². The molecular formula is C12H19NO3. The number of benzene rings is 1. The molecule has 4 N–H and O–H groups in total. The second-order valence-electron chi connectivity index (χ2n) is 3.96. The molecule has 4 heteroatoms. The van der Waals surface area contributed by atoms with E-state index in [0.29, 0.717) is 0 Å². The van der Waals surface area contributed by atoms with Gasteiger partial charge in [-0.05, 0) is 31.0 Å². The molecule has 2 unspecified atom stereocenters. The van der Waals surface area contributed by atoms with Crippen molar-refractivity contribution in [2.24, 2.45) is 0 Å². The van der Waals surface area contributed by atoms with Gasteiger partial charge >= 0.3 is 0 Å². The summed E-state index contributed by atoms with van der Waals surface area (Å²) in [6, 6.07) is 4.48. The van der Waals surface area contributed by atoms with Crippen LogP contribution in [0.25, 0.3) is 0 Å². The highest BCUT2D eigenvalue weighted by Gasteiger charge is 2.12. The maximum atomic E-state index is 9.35. The summed E-state index contributed by atoms with van der Waals surface area (Å²) < 4.78 is 0. The third-order valence-electron chi connectivity index (χ3n) is 2.62. The van der Waals surface area contributed by atoms with Crippen LogP contribution >= 0.6 is 0 Å². The van der Waals surface area contributed by atoms with Gasteiger partial charge in [-0.1, -0.05) is 6.92 Å². The Bertz CT molecular complexity index is 317. The SMILES string of the molecule is CCC(CO)NC(C)c1cc(O)cc(O)c1. The van der Waals surface area contributed by atoms with Crippen LogP contribution in [-0.2, 0) is 0 Å². The van der Waals surface area contributed by atoms with E-state index in [1.807, 2.05) is 13.8 Å². The van der Waals surface area contributed by atoms with Crippen molar-refractivity contribution in [2.75, 3.05) is 6.61 Å². The molecule has 1 aromatic carbocycles. The largest absolute Gasteiger partial charge is 0.508 e. The van der Waals surface area contributed by atoms with Gasteiger partial charge in [-0.25, -0.2) is 0 Å². The Hall–Kier alpha value is -1.26. The first-order valence-corrected chi connectivity index (χ1v) is 5.46. The van der Waals surface area contributed by atoms with Crippen molar-refractivity contribution in [3.63, 3.8) is 0 Å². The van der Waals surface area contributed by atoms with E-state index in [1.54, 1.807) is 12.1 Å². The number of aliphatic hydroxyl groups is 1. The summed E-state index contributed by atoms with van der Waals surface area (Å²) in [5, 5.41) is 31.0. The highest BCUT2D eigenvalue weighted by molar-refractivity contribution is 5.37. The van der Waals surface area contributed by atoms with Gasteiger partial charge in [-0.3, -0.25) is 0 Å². The fourth-order valence-electron chi connectivity index (χ4n) is 1.62. The molecule has 1 rings (SSSR count). The molecule has 0 saturated carbocycles. The van der Waals surface area contributed by atoms with Crippen molar-refractivity contribution in [1.29, 1.82) is 0 Å². The third-order valence-corrected chi connectivity index (χ3v) is 2.62. The Labute approximate surface area is 95.6 Å². The summed E-state index contributed by atoms with van der Waals surface area (Å²) in [5.74, 6) is 0.0846. The molecule has 0 saturated heterocycles. The number of rotatable bonds is 5. The first-order chi connectivity index (χ1) is 7.56. The lowest BCUT2D eigenvalue weighted by Gasteiger charge is -2.21. The van der Waals surface area contributed by atoms with Crippen LogP contribution in [0.15, 0.2) is 18.2 Å². The summed E-state index contributed by atoms with van der Waals surface area (Å²) in [6.45, 7) is 3.98. The smallest absolute Gasteiger partial charge is 0.119 e. The molecule has 0 aliphatic heterocycles. The van der Waals surface area contributed by atoms with Crippen LogP contribution in [0.3, 0.4) is 0 Å². The zero-order valence-corrected chi connectivity index (χ0v) is 9.64. The lowest BCUT2D eigenvalue weighted by molar-refractivity contribution is 0.230. The molecule has 0 heterocycles. The minimum Gasteiger partial charge on any atom is -0.508 e. The van der Waals surface area contributed by atoms with Crippen LogP contribution in [0.2, 0.25) is 0 Å². The van der Waals surface area contributed by atoms with Crippen LogP contribution in [-0.4, -0.2) is 28.0 Å². The van der Waals surface area contributed by atoms with E-state index in [9.17, 15) is 10.2 Å². The Morgan fingerprint density at radius 3 is 2.19 bits per heavy atom. The molecule has 0 radical (unpaired) electrons. The molecule has 0 aliphatic carbocycles. The molecule has 0 bridgehead atoms. The summed E-state index contributed by atoms with van der Waals surface area (Å²) in [6.07, 6.45) is 0.825. The average molecular weight is 225 g/mol. The predicted molar refractivity (Wildman–Crippen MR) is 62.5 cm³/mol. The minimum atomic E-state index is -0.0323. The van der Waals surface area contributed by atoms with Crippen LogP contribution in [0, 0.1) is 0 Å². The molecule has 0 fully saturated rings. The number of nitrogens with one attached hydrogen (secondary N) is 1. The quantitative estimate of drug-likeness (QED) is 0.613. The summed E-state index contributed by atoms with van der Waals surface area (Å²) in [7, 11) is 0. The highest BCUT2D eigenvalue weighted by Crippen LogP contribution is 2.24. The molecule has 1 aromatic rings. The average Bonchev–Trinajstić information content (AvgIpc) is 2.24. The van der Waals surface area contributed by atoms with Crippen molar-refractivity contribution < 1.29 is 15.3 Å². The molecule has 0 aliphatic rings. The van der Waals surface area contributed by atoms with E-state index in [1.165, 1.54) is 6.07 Å². The van der Waals surface area contributed by atoms with E-state index in [-0.39, 0.29) is 30.2 Å². The fraction of sp³-hybridized carbons (Fsp3) is 0.500. The predicted octanol–water partition coefficient (Wildman–Crippen LogP) is 1.52. The Balaban J connectivity index is 2.75. The van der Waals surface area contributed by atoms with Gasteiger partial charge in [0.05, 0.1) is 6.61 Å². The monoisotopic (exact) mass is 225 g/mol. The van der Waals surface area contributed by atoms with Gasteiger partial charge in [0.2, 0.25) is 0 Å². The van der Waals surface area contributed by atoms with Crippen LogP contribution in [0.5, 0.6) is 11.5 Å². The van der Waals surface area contributed by atoms with Crippen molar-refractivity contribution in [3.05, 3.63) is 23.8 Å². The molecule has 16 heavy (non-hydrogen) atoms. The number of aliphatic hydroxyl groups excluding tert-OH is 1. The molecule has 90 valence electrons. The zero-order valence-electron chi connectivity index (χ0n) is 9.64. The maximum Gasteiger partial charge on any atom is 0.119 e. The normalized spacial score (nSPS) is 14.7. The van der Waals surface area contributed by atoms with Crippen LogP contribution in [0.1, 0.15) is 31.9 Å². The van der Waals surface area contributed by atoms with Crippen molar-refractivity contribution in [2.45, 2.75) is 32.4 Å². The van der Waals surface area contributed by atoms with Crippen molar-refractivity contribution in [3.8, 4) is 11.5 Å². The second kappa shape index (κ2) is 5.72. The molecule has 0 aromatic heterocycles. The lowest BCUT2D eigenvalue weighted by Crippen LogP contribution is -2.33. The summed E-state index contributed by atoms with van der Waals surface area (Å²) in [4.78, 5) is 0. The number of hydrogen-bond acceptors (Lipinski definition) is 4. The first-order valence-electron chi connectivity index (χ1n) is 5.46. The van der Waals surface area contributed by atoms with Gasteiger partial charge in [0.1, 0.15) is 11.5 Å². The molecular weight excluding hydrogens is 206 g/mol. The van der Waals surface area contributed by atoms with Gasteiger partial charge in [-0.15, -0.1) is 0 Å². The van der Waals surface area contributed by atoms with E-state index in [2.05, 4.69) is 5.32 Å². The first kappa shape index (κ1) is 12.8. The summed E-state index contributed by atoms with van der Waals surface area (Å²) >= 11 is 0. The van der Waals surface area contributed by atoms with Gasteiger partial charge in [-0.2, -0.15) is 0 Å². The number of aromatic hydroxyl groups is 2. The molecule has 2 atom stereocenters. The summed E-state index contributed by atoms with van der Waals surface area (Å²) in [5.41, 5.74) is 0.796. The molecule has 0 amide bonds. The molecule has 4 nitrogen and oxygen atoms in total. The van der Waals surface area contributed by atoms with Gasteiger partial charge in [0.15, 0.2) is 0 Å². The number of hydrogen-bond donors (Lipinski definition) is 4. The Kier molecular flexibility index (Phi) is 4.58. The van der Waals surface area contributed by atoms with Crippen LogP contribution in [0.4, 0.5) is 0 Å². The third kappa shape index (κ3) is 3.40. The van der Waals surface area contributed by atoms with Gasteiger partial charge < -0.3 is 20.6 Å². The minimum absolute atomic E-state index is 0.0273. The van der Waals surface area contributed by atoms with Gasteiger partial charge in [0.25, 0.3) is 0 Å². The number of phenolic OH excluding ortho intramolecular Hbond substituents is 2. The fourth-order valence-corrected chi connectivity index (χ4v) is 1.62. The van der Waals surface area contributed by atoms with E-state index in [0.717, 1.165) is 12.0 Å². The highest BCUT2D eigenvalue weighted by atomic mass is 16.3. The Morgan fingerprint density at radius 2 is 1.75 bits per heavy atom. The lowest BCUT2D eigenvalue weighted by atomic mass is 10.1. The standard InChI is InChI=1S/C12H19NO3/c1-3-10(7-14)13-8(2)9-4-11(15)6-12(16)5-9/h4-6,8,10,13-16H,3,7H2,1-2H3. The van der Waals surface area contributed by atoms with Crippen LogP contribution < -0.4 is 5.32 Å². The maximum absolute atomic E-state index is 9.35. The topological polar surface area (TPSA) is 72.7 Å². The van der Waals surface area contributed by atoms with E-state index >= 15 is 0 Å². The van der Waals surface area contributed by atoms with E-state index in [4.69, 9.17) is 5.11 Å². The Morgan fingerprint density at radius 1 is 1.19 bits per heavy atom. The van der Waals surface area contributed by atoms with E-state index < -0.39 is 0 Å². The van der Waals surface area contributed by atoms with Crippen molar-refractivity contribution >= 4 is 0 Å². The number of phenols is 2. The van der Waals surface area contributed by atoms with Crippen molar-refractivity contribution in [1.82, 2.24) is 5.32 Å². The second-order valence-corrected chi connectivity index (χ2v) is 3.96.